The van der Waals surface area contributed by atoms with Crippen LogP contribution in [0, 0.1) is 0 Å². The summed E-state index contributed by atoms with van der Waals surface area (Å²) in [7, 11) is 0. The van der Waals surface area contributed by atoms with Crippen molar-refractivity contribution in [2.75, 3.05) is 0 Å². The Bertz CT molecular complexity index is 666. The minimum absolute atomic E-state index is 0.0844. The Morgan fingerprint density at radius 3 is 2.24 bits per heavy atom. The van der Waals surface area contributed by atoms with Gasteiger partial charge in [0.2, 0.25) is 0 Å². The number of hydrogen-bond donors (Lipinski definition) is 2. The fourth-order valence-corrected chi connectivity index (χ4v) is 2.75. The third kappa shape index (κ3) is 2.97. The van der Waals surface area contributed by atoms with E-state index in [0.29, 0.717) is 0 Å². The van der Waals surface area contributed by atoms with Crippen LogP contribution >= 0.6 is 0 Å². The first-order valence-corrected chi connectivity index (χ1v) is 7.38. The zero-order chi connectivity index (χ0) is 14.7. The highest BCUT2D eigenvalue weighted by molar-refractivity contribution is 5.63. The summed E-state index contributed by atoms with van der Waals surface area (Å²) < 4.78 is 0. The molecule has 2 nitrogen and oxygen atoms in total. The maximum atomic E-state index is 6.40. The molecule has 1 atom stereocenters. The largest absolute Gasteiger partial charge is 0.328 e. The van der Waals surface area contributed by atoms with Gasteiger partial charge in [-0.15, -0.1) is 0 Å². The predicted octanol–water partition coefficient (Wildman–Crippen LogP) is 3.20. The van der Waals surface area contributed by atoms with Gasteiger partial charge in [0, 0.05) is 12.0 Å². The molecule has 0 radical (unpaired) electrons. The van der Waals surface area contributed by atoms with Crippen LogP contribution in [0.3, 0.4) is 0 Å². The molecule has 0 aliphatic heterocycles. The second-order valence-corrected chi connectivity index (χ2v) is 5.47. The van der Waals surface area contributed by atoms with Crippen molar-refractivity contribution in [3.63, 3.8) is 0 Å². The Hall–Kier alpha value is -2.16. The summed E-state index contributed by atoms with van der Waals surface area (Å²) in [4.78, 5) is 0. The molecule has 1 unspecified atom stereocenters. The molecule has 0 amide bonds. The Labute approximate surface area is 125 Å². The lowest BCUT2D eigenvalue weighted by Crippen LogP contribution is -2.49. The van der Waals surface area contributed by atoms with Crippen LogP contribution in [-0.2, 0) is 0 Å². The molecule has 2 aromatic rings. The molecule has 0 heterocycles. The SMILES string of the molecule is NC(C1=C([NH3+])CCC=C1)c1ccc(-c2ccccc2)cc1. The highest BCUT2D eigenvalue weighted by atomic mass is 14.7. The molecule has 106 valence electrons. The van der Waals surface area contributed by atoms with Crippen molar-refractivity contribution >= 4 is 0 Å². The molecule has 0 spiro atoms. The number of hydrogen-bond acceptors (Lipinski definition) is 1. The van der Waals surface area contributed by atoms with Gasteiger partial charge in [0.1, 0.15) is 5.70 Å². The van der Waals surface area contributed by atoms with Gasteiger partial charge in [0.05, 0.1) is 6.04 Å². The lowest BCUT2D eigenvalue weighted by molar-refractivity contribution is -0.308. The Morgan fingerprint density at radius 1 is 0.905 bits per heavy atom. The molecule has 2 heteroatoms. The number of benzene rings is 2. The van der Waals surface area contributed by atoms with E-state index in [2.05, 4.69) is 66.4 Å². The minimum atomic E-state index is -0.0844. The molecule has 0 saturated carbocycles. The van der Waals surface area contributed by atoms with E-state index in [-0.39, 0.29) is 6.04 Å². The normalized spacial score (nSPS) is 16.1. The maximum absolute atomic E-state index is 6.40. The maximum Gasteiger partial charge on any atom is 0.109 e. The van der Waals surface area contributed by atoms with Gasteiger partial charge in [-0.3, -0.25) is 0 Å². The summed E-state index contributed by atoms with van der Waals surface area (Å²) >= 11 is 0. The third-order valence-corrected chi connectivity index (χ3v) is 4.03. The van der Waals surface area contributed by atoms with Gasteiger partial charge in [-0.25, -0.2) is 0 Å². The van der Waals surface area contributed by atoms with Crippen molar-refractivity contribution < 1.29 is 5.73 Å². The average Bonchev–Trinajstić information content (AvgIpc) is 2.56. The zero-order valence-electron chi connectivity index (χ0n) is 12.1. The van der Waals surface area contributed by atoms with E-state index in [1.54, 1.807) is 0 Å². The molecule has 0 aromatic heterocycles. The summed E-state index contributed by atoms with van der Waals surface area (Å²) in [6.45, 7) is 0. The highest BCUT2D eigenvalue weighted by Crippen LogP contribution is 2.27. The van der Waals surface area contributed by atoms with Gasteiger partial charge >= 0.3 is 0 Å². The van der Waals surface area contributed by atoms with Gasteiger partial charge in [0.25, 0.3) is 0 Å². The van der Waals surface area contributed by atoms with Crippen molar-refractivity contribution in [3.05, 3.63) is 83.6 Å². The molecule has 0 saturated heterocycles. The Kier molecular flexibility index (Phi) is 4.00. The fraction of sp³-hybridized carbons (Fsp3) is 0.158. The second kappa shape index (κ2) is 6.08. The molecular weight excluding hydrogens is 256 g/mol. The van der Waals surface area contributed by atoms with E-state index < -0.39 is 0 Å². The average molecular weight is 277 g/mol. The van der Waals surface area contributed by atoms with E-state index in [1.165, 1.54) is 11.1 Å². The van der Waals surface area contributed by atoms with Crippen LogP contribution in [0.1, 0.15) is 24.4 Å². The summed E-state index contributed by atoms with van der Waals surface area (Å²) in [5.74, 6) is 0. The minimum Gasteiger partial charge on any atom is -0.328 e. The van der Waals surface area contributed by atoms with Crippen LogP contribution < -0.4 is 11.5 Å². The van der Waals surface area contributed by atoms with Gasteiger partial charge in [-0.2, -0.15) is 0 Å². The summed E-state index contributed by atoms with van der Waals surface area (Å²) in [5, 5.41) is 0. The molecule has 5 N–H and O–H groups in total. The number of allylic oxidation sites excluding steroid dienone is 2. The standard InChI is InChI=1S/C19H20N2/c20-18-9-5-4-8-17(18)19(21)16-12-10-15(11-13-16)14-6-2-1-3-7-14/h1-4,6-8,10-13,19H,5,9,20-21H2/p+1. The van der Waals surface area contributed by atoms with E-state index in [1.807, 2.05) is 6.07 Å². The van der Waals surface area contributed by atoms with E-state index in [0.717, 1.165) is 29.7 Å². The van der Waals surface area contributed by atoms with Crippen molar-refractivity contribution in [2.45, 2.75) is 18.9 Å². The number of quaternary nitrogens is 1. The summed E-state index contributed by atoms with van der Waals surface area (Å²) in [6, 6.07) is 18.8. The van der Waals surface area contributed by atoms with Gasteiger partial charge < -0.3 is 11.5 Å². The smallest absolute Gasteiger partial charge is 0.109 e. The molecule has 3 rings (SSSR count). The first-order valence-electron chi connectivity index (χ1n) is 7.38. The topological polar surface area (TPSA) is 53.7 Å². The lowest BCUT2D eigenvalue weighted by atomic mass is 9.92. The highest BCUT2D eigenvalue weighted by Gasteiger charge is 2.17. The Balaban J connectivity index is 1.86. The first-order chi connectivity index (χ1) is 10.3. The molecule has 1 aliphatic rings. The summed E-state index contributed by atoms with van der Waals surface area (Å²) in [6.07, 6.45) is 6.40. The number of rotatable bonds is 3. The Morgan fingerprint density at radius 2 is 1.57 bits per heavy atom. The van der Waals surface area contributed by atoms with Crippen LogP contribution in [0.4, 0.5) is 0 Å². The molecule has 2 aromatic carbocycles. The van der Waals surface area contributed by atoms with Gasteiger partial charge in [0.15, 0.2) is 0 Å². The van der Waals surface area contributed by atoms with Crippen molar-refractivity contribution in [3.8, 4) is 11.1 Å². The second-order valence-electron chi connectivity index (χ2n) is 5.47. The van der Waals surface area contributed by atoms with Crippen LogP contribution in [0.2, 0.25) is 0 Å². The van der Waals surface area contributed by atoms with Gasteiger partial charge in [-0.05, 0) is 23.1 Å². The van der Waals surface area contributed by atoms with Crippen LogP contribution in [-0.4, -0.2) is 0 Å². The van der Waals surface area contributed by atoms with Crippen molar-refractivity contribution in [1.29, 1.82) is 0 Å². The molecule has 0 bridgehead atoms. The van der Waals surface area contributed by atoms with Crippen molar-refractivity contribution in [2.24, 2.45) is 5.73 Å². The quantitative estimate of drug-likeness (QED) is 0.889. The lowest BCUT2D eigenvalue weighted by Gasteiger charge is -2.17. The van der Waals surface area contributed by atoms with Crippen LogP contribution in [0.5, 0.6) is 0 Å². The predicted molar refractivity (Wildman–Crippen MR) is 87.1 cm³/mol. The first kappa shape index (κ1) is 13.8. The van der Waals surface area contributed by atoms with E-state index >= 15 is 0 Å². The van der Waals surface area contributed by atoms with Crippen molar-refractivity contribution in [1.82, 2.24) is 0 Å². The van der Waals surface area contributed by atoms with E-state index in [4.69, 9.17) is 5.73 Å². The molecule has 0 fully saturated rings. The zero-order valence-corrected chi connectivity index (χ0v) is 12.1. The molecule has 1 aliphatic carbocycles. The fourth-order valence-electron chi connectivity index (χ4n) is 2.75. The van der Waals surface area contributed by atoms with E-state index in [9.17, 15) is 0 Å². The molecule has 21 heavy (non-hydrogen) atoms. The summed E-state index contributed by atoms with van der Waals surface area (Å²) in [5.41, 5.74) is 16.4. The van der Waals surface area contributed by atoms with Crippen LogP contribution in [0.15, 0.2) is 78.0 Å². The monoisotopic (exact) mass is 277 g/mol. The van der Waals surface area contributed by atoms with Crippen LogP contribution in [0.25, 0.3) is 11.1 Å². The van der Waals surface area contributed by atoms with Gasteiger partial charge in [-0.1, -0.05) is 66.7 Å². The number of nitrogens with two attached hydrogens (primary N) is 1. The molecular formula is C19H21N2+. The third-order valence-electron chi connectivity index (χ3n) is 4.03.